The molecule has 128 valence electrons. The van der Waals surface area contributed by atoms with Crippen molar-refractivity contribution in [2.24, 2.45) is 0 Å². The maximum absolute atomic E-state index is 5.92. The Labute approximate surface area is 151 Å². The molecule has 2 aromatic heterocycles. The van der Waals surface area contributed by atoms with E-state index in [1.807, 2.05) is 30.3 Å². The van der Waals surface area contributed by atoms with Crippen LogP contribution in [0.3, 0.4) is 0 Å². The highest BCUT2D eigenvalue weighted by molar-refractivity contribution is 6.30. The minimum absolute atomic E-state index is 0.705. The van der Waals surface area contributed by atoms with Crippen molar-refractivity contribution in [1.29, 1.82) is 0 Å². The number of rotatable bonds is 4. The van der Waals surface area contributed by atoms with E-state index in [0.717, 1.165) is 49.3 Å². The van der Waals surface area contributed by atoms with E-state index in [2.05, 4.69) is 24.8 Å². The lowest BCUT2D eigenvalue weighted by Crippen LogP contribution is -2.46. The Morgan fingerprint density at radius 1 is 0.960 bits per heavy atom. The summed E-state index contributed by atoms with van der Waals surface area (Å²) in [7, 11) is 0. The van der Waals surface area contributed by atoms with Gasteiger partial charge in [-0.1, -0.05) is 11.6 Å². The quantitative estimate of drug-likeness (QED) is 0.716. The topological polar surface area (TPSA) is 58.3 Å². The molecule has 0 N–H and O–H groups in total. The van der Waals surface area contributed by atoms with Gasteiger partial charge >= 0.3 is 0 Å². The normalized spacial score (nSPS) is 15.5. The van der Waals surface area contributed by atoms with E-state index in [4.69, 9.17) is 16.0 Å². The van der Waals surface area contributed by atoms with Crippen molar-refractivity contribution in [3.05, 3.63) is 59.8 Å². The van der Waals surface area contributed by atoms with Gasteiger partial charge in [0.15, 0.2) is 5.76 Å². The average Bonchev–Trinajstić information content (AvgIpc) is 3.12. The van der Waals surface area contributed by atoms with E-state index >= 15 is 0 Å². The van der Waals surface area contributed by atoms with Crippen LogP contribution in [0.25, 0.3) is 11.3 Å². The summed E-state index contributed by atoms with van der Waals surface area (Å²) in [4.78, 5) is 17.6. The van der Waals surface area contributed by atoms with Gasteiger partial charge in [-0.2, -0.15) is 0 Å². The minimum atomic E-state index is 0.705. The first-order valence-electron chi connectivity index (χ1n) is 8.23. The van der Waals surface area contributed by atoms with E-state index in [1.54, 1.807) is 18.6 Å². The number of halogens is 1. The van der Waals surface area contributed by atoms with Gasteiger partial charge in [0, 0.05) is 49.2 Å². The number of hydrogen-bond donors (Lipinski definition) is 0. The predicted octanol–water partition coefficient (Wildman–Crippen LogP) is 3.11. The molecule has 0 radical (unpaired) electrons. The third kappa shape index (κ3) is 3.81. The van der Waals surface area contributed by atoms with Crippen molar-refractivity contribution >= 4 is 17.5 Å². The maximum atomic E-state index is 5.92. The van der Waals surface area contributed by atoms with Gasteiger partial charge in [0.05, 0.1) is 12.7 Å². The van der Waals surface area contributed by atoms with Gasteiger partial charge in [-0.25, -0.2) is 15.0 Å². The first-order chi connectivity index (χ1) is 12.3. The molecule has 0 amide bonds. The van der Waals surface area contributed by atoms with Crippen LogP contribution in [0.1, 0.15) is 5.89 Å². The Balaban J connectivity index is 1.35. The highest BCUT2D eigenvalue weighted by atomic mass is 35.5. The molecule has 0 bridgehead atoms. The van der Waals surface area contributed by atoms with Crippen LogP contribution in [0.15, 0.2) is 53.3 Å². The van der Waals surface area contributed by atoms with E-state index in [9.17, 15) is 0 Å². The Morgan fingerprint density at radius 3 is 2.40 bits per heavy atom. The molecular weight excluding hydrogens is 338 g/mol. The van der Waals surface area contributed by atoms with Crippen LogP contribution < -0.4 is 4.90 Å². The smallest absolute Gasteiger partial charge is 0.225 e. The summed E-state index contributed by atoms with van der Waals surface area (Å²) >= 11 is 5.92. The molecule has 1 aliphatic rings. The molecule has 7 heteroatoms. The zero-order valence-corrected chi connectivity index (χ0v) is 14.4. The summed E-state index contributed by atoms with van der Waals surface area (Å²) in [6.07, 6.45) is 5.33. The Morgan fingerprint density at radius 2 is 1.68 bits per heavy atom. The lowest BCUT2D eigenvalue weighted by atomic mass is 10.2. The summed E-state index contributed by atoms with van der Waals surface area (Å²) in [5.41, 5.74) is 0.981. The molecule has 1 aliphatic heterocycles. The number of anilines is 1. The van der Waals surface area contributed by atoms with Crippen LogP contribution in [0, 0.1) is 0 Å². The van der Waals surface area contributed by atoms with Crippen LogP contribution >= 0.6 is 11.6 Å². The van der Waals surface area contributed by atoms with E-state index in [-0.39, 0.29) is 0 Å². The fourth-order valence-electron chi connectivity index (χ4n) is 2.88. The van der Waals surface area contributed by atoms with Crippen molar-refractivity contribution in [3.8, 4) is 11.3 Å². The maximum Gasteiger partial charge on any atom is 0.225 e. The lowest BCUT2D eigenvalue weighted by Gasteiger charge is -2.33. The molecule has 6 nitrogen and oxygen atoms in total. The first-order valence-corrected chi connectivity index (χ1v) is 8.61. The summed E-state index contributed by atoms with van der Waals surface area (Å²) < 4.78 is 5.89. The first kappa shape index (κ1) is 16.1. The lowest BCUT2D eigenvalue weighted by molar-refractivity contribution is 0.226. The highest BCUT2D eigenvalue weighted by Gasteiger charge is 2.20. The number of oxazole rings is 1. The van der Waals surface area contributed by atoms with Crippen molar-refractivity contribution in [2.45, 2.75) is 6.54 Å². The van der Waals surface area contributed by atoms with Crippen molar-refractivity contribution in [2.75, 3.05) is 31.1 Å². The number of benzene rings is 1. The Kier molecular flexibility index (Phi) is 4.63. The van der Waals surface area contributed by atoms with E-state index in [1.165, 1.54) is 0 Å². The average molecular weight is 356 g/mol. The Hall–Kier alpha value is -2.44. The molecule has 0 spiro atoms. The molecule has 25 heavy (non-hydrogen) atoms. The Bertz CT molecular complexity index is 813. The summed E-state index contributed by atoms with van der Waals surface area (Å²) in [5, 5.41) is 0.712. The standard InChI is InChI=1S/C18H18ClN5O/c19-15-4-2-14(3-5-15)16-12-22-17(25-16)13-23-8-10-24(11-9-23)18-20-6-1-7-21-18/h1-7,12H,8-11,13H2. The molecule has 1 saturated heterocycles. The predicted molar refractivity (Wildman–Crippen MR) is 96.5 cm³/mol. The number of hydrogen-bond acceptors (Lipinski definition) is 6. The van der Waals surface area contributed by atoms with E-state index < -0.39 is 0 Å². The van der Waals surface area contributed by atoms with Gasteiger partial charge in [0.2, 0.25) is 11.8 Å². The van der Waals surface area contributed by atoms with Crippen LogP contribution in [0.2, 0.25) is 5.02 Å². The third-order valence-corrected chi connectivity index (χ3v) is 4.50. The zero-order valence-electron chi connectivity index (χ0n) is 13.7. The van der Waals surface area contributed by atoms with E-state index in [0.29, 0.717) is 11.6 Å². The van der Waals surface area contributed by atoms with Gasteiger partial charge in [-0.15, -0.1) is 0 Å². The third-order valence-electron chi connectivity index (χ3n) is 4.25. The molecule has 0 atom stereocenters. The molecule has 0 aliphatic carbocycles. The van der Waals surface area contributed by atoms with Crippen LogP contribution in [-0.2, 0) is 6.54 Å². The number of nitrogens with zero attached hydrogens (tertiary/aromatic N) is 5. The van der Waals surface area contributed by atoms with Gasteiger partial charge in [0.25, 0.3) is 0 Å². The fraction of sp³-hybridized carbons (Fsp3) is 0.278. The fourth-order valence-corrected chi connectivity index (χ4v) is 3.01. The SMILES string of the molecule is Clc1ccc(-c2cnc(CN3CCN(c4ncccn4)CC3)o2)cc1. The van der Waals surface area contributed by atoms with Gasteiger partial charge in [0.1, 0.15) is 0 Å². The molecule has 0 unspecified atom stereocenters. The van der Waals surface area contributed by atoms with Crippen LogP contribution in [-0.4, -0.2) is 46.0 Å². The number of aromatic nitrogens is 3. The molecule has 1 fully saturated rings. The molecule has 3 aromatic rings. The number of piperazine rings is 1. The zero-order chi connectivity index (χ0) is 17.1. The molecule has 0 saturated carbocycles. The van der Waals surface area contributed by atoms with Crippen molar-refractivity contribution in [3.63, 3.8) is 0 Å². The monoisotopic (exact) mass is 355 g/mol. The molecular formula is C18H18ClN5O. The second kappa shape index (κ2) is 7.21. The minimum Gasteiger partial charge on any atom is -0.439 e. The largest absolute Gasteiger partial charge is 0.439 e. The van der Waals surface area contributed by atoms with Crippen LogP contribution in [0.5, 0.6) is 0 Å². The van der Waals surface area contributed by atoms with Crippen LogP contribution in [0.4, 0.5) is 5.95 Å². The molecule has 3 heterocycles. The summed E-state index contributed by atoms with van der Waals surface area (Å²) in [6, 6.07) is 9.41. The van der Waals surface area contributed by atoms with Gasteiger partial charge < -0.3 is 9.32 Å². The summed E-state index contributed by atoms with van der Waals surface area (Å²) in [5.74, 6) is 2.29. The second-order valence-corrected chi connectivity index (χ2v) is 6.37. The second-order valence-electron chi connectivity index (χ2n) is 5.94. The highest BCUT2D eigenvalue weighted by Crippen LogP contribution is 2.23. The molecule has 4 rings (SSSR count). The molecule has 1 aromatic carbocycles. The van der Waals surface area contributed by atoms with Gasteiger partial charge in [-0.3, -0.25) is 4.90 Å². The van der Waals surface area contributed by atoms with Crippen molar-refractivity contribution < 1.29 is 4.42 Å². The van der Waals surface area contributed by atoms with Crippen molar-refractivity contribution in [1.82, 2.24) is 19.9 Å². The van der Waals surface area contributed by atoms with Gasteiger partial charge in [-0.05, 0) is 30.3 Å². The summed E-state index contributed by atoms with van der Waals surface area (Å²) in [6.45, 7) is 4.36.